The second-order valence-corrected chi connectivity index (χ2v) is 6.04. The number of nitrogens with zero attached hydrogens (tertiary/aromatic N) is 1. The molecule has 0 saturated heterocycles. The van der Waals surface area contributed by atoms with Crippen molar-refractivity contribution >= 4 is 5.96 Å². The standard InChI is InChI=1S/C21H29N3O2/c1-2-22-21(23-14-13-18-9-5-3-6-10-18)24-15-20(25)17-26-16-19-11-7-4-8-12-19/h3-12,20,25H,2,13-17H2,1H3,(H2,22,23,24). The molecule has 1 unspecified atom stereocenters. The molecule has 0 amide bonds. The Labute approximate surface area is 156 Å². The normalized spacial score (nSPS) is 12.6. The number of rotatable bonds is 10. The van der Waals surface area contributed by atoms with Crippen LogP contribution in [-0.4, -0.2) is 43.4 Å². The summed E-state index contributed by atoms with van der Waals surface area (Å²) < 4.78 is 5.55. The first-order chi connectivity index (χ1) is 12.8. The van der Waals surface area contributed by atoms with Crippen LogP contribution in [0.3, 0.4) is 0 Å². The molecule has 3 N–H and O–H groups in total. The van der Waals surface area contributed by atoms with E-state index in [2.05, 4.69) is 27.8 Å². The minimum atomic E-state index is -0.622. The van der Waals surface area contributed by atoms with Gasteiger partial charge in [-0.05, 0) is 24.5 Å². The molecule has 0 fully saturated rings. The second-order valence-electron chi connectivity index (χ2n) is 6.04. The Morgan fingerprint density at radius 2 is 1.65 bits per heavy atom. The minimum absolute atomic E-state index is 0.266. The molecule has 2 rings (SSSR count). The van der Waals surface area contributed by atoms with Crippen LogP contribution in [0.25, 0.3) is 0 Å². The highest BCUT2D eigenvalue weighted by molar-refractivity contribution is 5.79. The van der Waals surface area contributed by atoms with Gasteiger partial charge in [-0.3, -0.25) is 4.99 Å². The zero-order valence-corrected chi connectivity index (χ0v) is 15.4. The second kappa shape index (κ2) is 12.1. The molecule has 0 heterocycles. The third-order valence-corrected chi connectivity index (χ3v) is 3.78. The van der Waals surface area contributed by atoms with Crippen LogP contribution in [0.4, 0.5) is 0 Å². The lowest BCUT2D eigenvalue weighted by Gasteiger charge is -2.13. The highest BCUT2D eigenvalue weighted by Crippen LogP contribution is 2.01. The zero-order chi connectivity index (χ0) is 18.5. The van der Waals surface area contributed by atoms with Crippen LogP contribution >= 0.6 is 0 Å². The number of guanidine groups is 1. The average Bonchev–Trinajstić information content (AvgIpc) is 2.68. The summed E-state index contributed by atoms with van der Waals surface area (Å²) in [4.78, 5) is 4.43. The molecule has 5 heteroatoms. The van der Waals surface area contributed by atoms with Gasteiger partial charge in [0.1, 0.15) is 0 Å². The molecular weight excluding hydrogens is 326 g/mol. The Bertz CT molecular complexity index is 632. The van der Waals surface area contributed by atoms with Gasteiger partial charge in [-0.1, -0.05) is 60.7 Å². The Hall–Kier alpha value is -2.37. The highest BCUT2D eigenvalue weighted by atomic mass is 16.5. The van der Waals surface area contributed by atoms with Crippen molar-refractivity contribution in [2.45, 2.75) is 26.1 Å². The molecule has 2 aromatic carbocycles. The van der Waals surface area contributed by atoms with E-state index in [1.807, 2.05) is 55.5 Å². The molecule has 0 radical (unpaired) electrons. The number of hydrogen-bond donors (Lipinski definition) is 3. The van der Waals surface area contributed by atoms with Gasteiger partial charge in [-0.15, -0.1) is 0 Å². The Morgan fingerprint density at radius 3 is 2.31 bits per heavy atom. The van der Waals surface area contributed by atoms with Crippen molar-refractivity contribution in [2.75, 3.05) is 26.2 Å². The molecule has 5 nitrogen and oxygen atoms in total. The smallest absolute Gasteiger partial charge is 0.191 e. The molecule has 0 aliphatic carbocycles. The summed E-state index contributed by atoms with van der Waals surface area (Å²) in [6, 6.07) is 20.3. The highest BCUT2D eigenvalue weighted by Gasteiger charge is 2.05. The molecule has 2 aromatic rings. The van der Waals surface area contributed by atoms with Crippen LogP contribution in [0, 0.1) is 0 Å². The Kier molecular flexibility index (Phi) is 9.25. The first-order valence-corrected chi connectivity index (χ1v) is 9.13. The van der Waals surface area contributed by atoms with E-state index in [4.69, 9.17) is 4.74 Å². The number of aliphatic hydroxyl groups is 1. The third-order valence-electron chi connectivity index (χ3n) is 3.78. The van der Waals surface area contributed by atoms with Crippen molar-refractivity contribution in [3.05, 3.63) is 71.8 Å². The van der Waals surface area contributed by atoms with Gasteiger partial charge in [0.15, 0.2) is 5.96 Å². The van der Waals surface area contributed by atoms with Crippen molar-refractivity contribution in [1.29, 1.82) is 0 Å². The number of nitrogens with one attached hydrogen (secondary N) is 2. The first-order valence-electron chi connectivity index (χ1n) is 9.13. The fraction of sp³-hybridized carbons (Fsp3) is 0.381. The van der Waals surface area contributed by atoms with E-state index < -0.39 is 6.10 Å². The number of ether oxygens (including phenoxy) is 1. The van der Waals surface area contributed by atoms with Gasteiger partial charge in [0.2, 0.25) is 0 Å². The summed E-state index contributed by atoms with van der Waals surface area (Å²) >= 11 is 0. The van der Waals surface area contributed by atoms with Gasteiger partial charge in [0, 0.05) is 13.1 Å². The third kappa shape index (κ3) is 8.14. The van der Waals surface area contributed by atoms with Crippen molar-refractivity contribution < 1.29 is 9.84 Å². The zero-order valence-electron chi connectivity index (χ0n) is 15.4. The van der Waals surface area contributed by atoms with Crippen LogP contribution in [0.15, 0.2) is 65.7 Å². The predicted molar refractivity (Wildman–Crippen MR) is 106 cm³/mol. The van der Waals surface area contributed by atoms with Crippen LogP contribution in [0.2, 0.25) is 0 Å². The maximum atomic E-state index is 10.1. The van der Waals surface area contributed by atoms with Crippen molar-refractivity contribution in [1.82, 2.24) is 10.6 Å². The lowest BCUT2D eigenvalue weighted by molar-refractivity contribution is 0.0331. The monoisotopic (exact) mass is 355 g/mol. The number of hydrogen-bond acceptors (Lipinski definition) is 3. The van der Waals surface area contributed by atoms with Crippen molar-refractivity contribution in [2.24, 2.45) is 4.99 Å². The van der Waals surface area contributed by atoms with Gasteiger partial charge in [-0.2, -0.15) is 0 Å². The van der Waals surface area contributed by atoms with E-state index in [9.17, 15) is 5.11 Å². The molecule has 1 atom stereocenters. The lowest BCUT2D eigenvalue weighted by Crippen LogP contribution is -2.39. The van der Waals surface area contributed by atoms with Crippen LogP contribution in [0.1, 0.15) is 18.1 Å². The predicted octanol–water partition coefficient (Wildman–Crippen LogP) is 2.36. The van der Waals surface area contributed by atoms with E-state index in [-0.39, 0.29) is 6.61 Å². The summed E-state index contributed by atoms with van der Waals surface area (Å²) in [5.74, 6) is 0.713. The average molecular weight is 355 g/mol. The first kappa shape index (κ1) is 19.9. The summed E-state index contributed by atoms with van der Waals surface area (Å²) in [6.45, 7) is 4.65. The van der Waals surface area contributed by atoms with E-state index in [0.29, 0.717) is 19.1 Å². The van der Waals surface area contributed by atoms with Gasteiger partial charge in [0.05, 0.1) is 25.9 Å². The van der Waals surface area contributed by atoms with Gasteiger partial charge >= 0.3 is 0 Å². The Morgan fingerprint density at radius 1 is 1.00 bits per heavy atom. The maximum Gasteiger partial charge on any atom is 0.191 e. The fourth-order valence-corrected chi connectivity index (χ4v) is 2.45. The summed E-state index contributed by atoms with van der Waals surface area (Å²) in [5, 5.41) is 16.5. The maximum absolute atomic E-state index is 10.1. The van der Waals surface area contributed by atoms with Gasteiger partial charge in [-0.25, -0.2) is 0 Å². The van der Waals surface area contributed by atoms with E-state index >= 15 is 0 Å². The SMILES string of the molecule is CCNC(=NCC(O)COCc1ccccc1)NCCc1ccccc1. The summed E-state index contributed by atoms with van der Waals surface area (Å²) in [5.41, 5.74) is 2.38. The molecule has 140 valence electrons. The quantitative estimate of drug-likeness (QED) is 0.452. The van der Waals surface area contributed by atoms with Gasteiger partial charge in [0.25, 0.3) is 0 Å². The van der Waals surface area contributed by atoms with E-state index in [0.717, 1.165) is 25.1 Å². The molecule has 0 saturated carbocycles. The van der Waals surface area contributed by atoms with Crippen molar-refractivity contribution in [3.63, 3.8) is 0 Å². The number of aliphatic imine (C=N–C) groups is 1. The largest absolute Gasteiger partial charge is 0.389 e. The minimum Gasteiger partial charge on any atom is -0.389 e. The van der Waals surface area contributed by atoms with E-state index in [1.165, 1.54) is 5.56 Å². The molecule has 0 bridgehead atoms. The molecule has 0 aromatic heterocycles. The van der Waals surface area contributed by atoms with Crippen LogP contribution < -0.4 is 10.6 Å². The fourth-order valence-electron chi connectivity index (χ4n) is 2.45. The lowest BCUT2D eigenvalue weighted by atomic mass is 10.1. The topological polar surface area (TPSA) is 65.9 Å². The van der Waals surface area contributed by atoms with Crippen LogP contribution in [-0.2, 0) is 17.8 Å². The molecular formula is C21H29N3O2. The molecule has 0 spiro atoms. The summed E-state index contributed by atoms with van der Waals surface area (Å²) in [7, 11) is 0. The molecule has 26 heavy (non-hydrogen) atoms. The Balaban J connectivity index is 1.69. The molecule has 0 aliphatic heterocycles. The molecule has 0 aliphatic rings. The summed E-state index contributed by atoms with van der Waals surface area (Å²) in [6.07, 6.45) is 0.303. The number of benzene rings is 2. The van der Waals surface area contributed by atoms with Gasteiger partial charge < -0.3 is 20.5 Å². The van der Waals surface area contributed by atoms with E-state index in [1.54, 1.807) is 0 Å². The number of aliphatic hydroxyl groups excluding tert-OH is 1. The van der Waals surface area contributed by atoms with Crippen molar-refractivity contribution in [3.8, 4) is 0 Å². The van der Waals surface area contributed by atoms with Crippen LogP contribution in [0.5, 0.6) is 0 Å².